The van der Waals surface area contributed by atoms with E-state index in [9.17, 15) is 14.4 Å². The van der Waals surface area contributed by atoms with Crippen LogP contribution in [0.5, 0.6) is 0 Å². The monoisotopic (exact) mass is 375 g/mol. The molecule has 0 aliphatic heterocycles. The Labute approximate surface area is 159 Å². The lowest BCUT2D eigenvalue weighted by atomic mass is 9.87. The molecule has 0 saturated carbocycles. The molecule has 0 unspecified atom stereocenters. The number of aryl methyl sites for hydroxylation is 2. The number of Topliss-reactive ketones (excluding diaryl/α,β-unsaturated/α-hetero) is 1. The van der Waals surface area contributed by atoms with Crippen molar-refractivity contribution in [2.24, 2.45) is 16.4 Å². The third kappa shape index (κ3) is 8.00. The van der Waals surface area contributed by atoms with Crippen LogP contribution in [0.3, 0.4) is 0 Å². The quantitative estimate of drug-likeness (QED) is 0.253. The third-order valence-electron chi connectivity index (χ3n) is 4.08. The van der Waals surface area contributed by atoms with Gasteiger partial charge in [0.2, 0.25) is 5.91 Å². The summed E-state index contributed by atoms with van der Waals surface area (Å²) in [4.78, 5) is 35.7. The topological polar surface area (TPSA) is 126 Å². The minimum Gasteiger partial charge on any atom is -0.326 e. The first-order chi connectivity index (χ1) is 12.5. The molecule has 1 aromatic carbocycles. The minimum atomic E-state index is -0.699. The molecule has 0 aliphatic rings. The molecule has 1 rings (SSSR count). The van der Waals surface area contributed by atoms with Crippen LogP contribution in [0.4, 0.5) is 10.5 Å². The van der Waals surface area contributed by atoms with Crippen molar-refractivity contribution in [2.45, 2.75) is 53.9 Å². The van der Waals surface area contributed by atoms with E-state index >= 15 is 0 Å². The summed E-state index contributed by atoms with van der Waals surface area (Å²) < 4.78 is 0. The van der Waals surface area contributed by atoms with Crippen molar-refractivity contribution in [3.8, 4) is 0 Å². The Balaban J connectivity index is 2.73. The fourth-order valence-electron chi connectivity index (χ4n) is 2.10. The zero-order valence-corrected chi connectivity index (χ0v) is 16.6. The standard InChI is InChI=1S/C19H29N5O3/c1-12-6-7-14(10-13(12)2)21-17(26)9-8-15(23-24-18(27)22-20)11-16(25)19(3,4)5/h6-7,10H,8-9,11,20H2,1-5H3,(H,21,26)(H2,22,24,27)/b23-15+. The molecule has 0 atom stereocenters. The maximum atomic E-state index is 12.3. The fourth-order valence-corrected chi connectivity index (χ4v) is 2.10. The lowest BCUT2D eigenvalue weighted by Crippen LogP contribution is -2.38. The summed E-state index contributed by atoms with van der Waals surface area (Å²) in [6.07, 6.45) is 0.420. The molecule has 27 heavy (non-hydrogen) atoms. The van der Waals surface area contributed by atoms with Crippen molar-refractivity contribution in [1.29, 1.82) is 0 Å². The molecular formula is C19H29N5O3. The molecule has 1 aromatic rings. The Bertz CT molecular complexity index is 735. The van der Waals surface area contributed by atoms with E-state index in [-0.39, 0.29) is 31.0 Å². The maximum Gasteiger partial charge on any atom is 0.349 e. The number of amides is 3. The molecule has 0 saturated heterocycles. The van der Waals surface area contributed by atoms with Crippen molar-refractivity contribution >= 4 is 29.1 Å². The van der Waals surface area contributed by atoms with Gasteiger partial charge in [0, 0.05) is 29.7 Å². The van der Waals surface area contributed by atoms with Crippen LogP contribution in [-0.2, 0) is 9.59 Å². The van der Waals surface area contributed by atoms with Crippen molar-refractivity contribution in [3.05, 3.63) is 29.3 Å². The number of urea groups is 1. The molecular weight excluding hydrogens is 346 g/mol. The molecule has 0 aromatic heterocycles. The number of nitrogens with two attached hydrogens (primary N) is 1. The minimum absolute atomic E-state index is 0.0363. The summed E-state index contributed by atoms with van der Waals surface area (Å²) in [5.74, 6) is 4.76. The van der Waals surface area contributed by atoms with E-state index in [4.69, 9.17) is 5.84 Å². The van der Waals surface area contributed by atoms with Gasteiger partial charge in [-0.15, -0.1) is 0 Å². The number of carbonyl (C=O) groups is 3. The first-order valence-electron chi connectivity index (χ1n) is 8.75. The summed E-state index contributed by atoms with van der Waals surface area (Å²) in [5, 5.41) is 6.75. The number of nitrogens with zero attached hydrogens (tertiary/aromatic N) is 1. The van der Waals surface area contributed by atoms with Crippen molar-refractivity contribution in [1.82, 2.24) is 10.9 Å². The van der Waals surface area contributed by atoms with Crippen LogP contribution < -0.4 is 22.0 Å². The Morgan fingerprint density at radius 2 is 1.74 bits per heavy atom. The van der Waals surface area contributed by atoms with Gasteiger partial charge in [0.05, 0.1) is 0 Å². The third-order valence-corrected chi connectivity index (χ3v) is 4.08. The largest absolute Gasteiger partial charge is 0.349 e. The van der Waals surface area contributed by atoms with Gasteiger partial charge in [-0.3, -0.25) is 15.0 Å². The van der Waals surface area contributed by atoms with Gasteiger partial charge in [-0.2, -0.15) is 5.10 Å². The highest BCUT2D eigenvalue weighted by Gasteiger charge is 2.23. The average molecular weight is 375 g/mol. The molecule has 8 heteroatoms. The first kappa shape index (κ1) is 22.3. The highest BCUT2D eigenvalue weighted by Crippen LogP contribution is 2.18. The van der Waals surface area contributed by atoms with Gasteiger partial charge in [-0.25, -0.2) is 16.1 Å². The number of hydrogen-bond donors (Lipinski definition) is 4. The SMILES string of the molecule is Cc1ccc(NC(=O)CC/C(CC(=O)C(C)(C)C)=N\NC(=O)NN)cc1C. The van der Waals surface area contributed by atoms with Crippen LogP contribution in [0.2, 0.25) is 0 Å². The number of rotatable bonds is 7. The number of anilines is 1. The molecule has 5 N–H and O–H groups in total. The van der Waals surface area contributed by atoms with Gasteiger partial charge in [0.15, 0.2) is 0 Å². The first-order valence-corrected chi connectivity index (χ1v) is 8.75. The summed E-state index contributed by atoms with van der Waals surface area (Å²) in [6, 6.07) is 4.98. The second kappa shape index (κ2) is 9.82. The summed E-state index contributed by atoms with van der Waals surface area (Å²) in [5.41, 5.74) is 6.91. The molecule has 0 heterocycles. The number of carbonyl (C=O) groups excluding carboxylic acids is 3. The number of hydrazone groups is 1. The van der Waals surface area contributed by atoms with Crippen LogP contribution in [0.15, 0.2) is 23.3 Å². The highest BCUT2D eigenvalue weighted by molar-refractivity contribution is 6.05. The van der Waals surface area contributed by atoms with Crippen LogP contribution >= 0.6 is 0 Å². The van der Waals surface area contributed by atoms with Crippen molar-refractivity contribution in [3.63, 3.8) is 0 Å². The van der Waals surface area contributed by atoms with Crippen molar-refractivity contribution < 1.29 is 14.4 Å². The molecule has 0 spiro atoms. The molecule has 8 nitrogen and oxygen atoms in total. The van der Waals surface area contributed by atoms with E-state index in [0.29, 0.717) is 11.4 Å². The zero-order valence-electron chi connectivity index (χ0n) is 16.6. The molecule has 148 valence electrons. The second-order valence-electron chi connectivity index (χ2n) is 7.46. The van der Waals surface area contributed by atoms with Crippen LogP contribution in [0, 0.1) is 19.3 Å². The Morgan fingerprint density at radius 3 is 2.30 bits per heavy atom. The summed E-state index contributed by atoms with van der Waals surface area (Å²) in [7, 11) is 0. The summed E-state index contributed by atoms with van der Waals surface area (Å²) >= 11 is 0. The molecule has 0 radical (unpaired) electrons. The second-order valence-corrected chi connectivity index (χ2v) is 7.46. The van der Waals surface area contributed by atoms with E-state index in [1.165, 1.54) is 0 Å². The van der Waals surface area contributed by atoms with Crippen LogP contribution in [0.25, 0.3) is 0 Å². The smallest absolute Gasteiger partial charge is 0.326 e. The van der Waals surface area contributed by atoms with Crippen molar-refractivity contribution in [2.75, 3.05) is 5.32 Å². The normalized spacial score (nSPS) is 11.7. The van der Waals surface area contributed by atoms with Crippen LogP contribution in [-0.4, -0.2) is 23.4 Å². The van der Waals surface area contributed by atoms with Gasteiger partial charge in [0.1, 0.15) is 5.78 Å². The molecule has 3 amide bonds. The van der Waals surface area contributed by atoms with E-state index < -0.39 is 11.4 Å². The zero-order chi connectivity index (χ0) is 20.6. The average Bonchev–Trinajstić information content (AvgIpc) is 2.59. The lowest BCUT2D eigenvalue weighted by Gasteiger charge is -2.17. The van der Waals surface area contributed by atoms with Crippen LogP contribution in [0.1, 0.15) is 51.2 Å². The molecule has 0 bridgehead atoms. The number of nitrogens with one attached hydrogen (secondary N) is 3. The number of ketones is 1. The fraction of sp³-hybridized carbons (Fsp3) is 0.474. The Morgan fingerprint density at radius 1 is 1.07 bits per heavy atom. The van der Waals surface area contributed by atoms with Gasteiger partial charge in [0.25, 0.3) is 0 Å². The van der Waals surface area contributed by atoms with E-state index in [2.05, 4.69) is 15.8 Å². The van der Waals surface area contributed by atoms with Gasteiger partial charge in [-0.1, -0.05) is 26.8 Å². The number of hydrazine groups is 1. The number of hydrogen-bond acceptors (Lipinski definition) is 5. The van der Waals surface area contributed by atoms with E-state index in [1.807, 2.05) is 37.5 Å². The number of benzene rings is 1. The molecule has 0 aliphatic carbocycles. The maximum absolute atomic E-state index is 12.3. The lowest BCUT2D eigenvalue weighted by molar-refractivity contribution is -0.125. The van der Waals surface area contributed by atoms with E-state index in [0.717, 1.165) is 11.1 Å². The predicted octanol–water partition coefficient (Wildman–Crippen LogP) is 2.56. The Hall–Kier alpha value is -2.74. The Kier molecular flexibility index (Phi) is 8.11. The van der Waals surface area contributed by atoms with E-state index in [1.54, 1.807) is 20.8 Å². The predicted molar refractivity (Wildman–Crippen MR) is 106 cm³/mol. The highest BCUT2D eigenvalue weighted by atomic mass is 16.2. The summed E-state index contributed by atoms with van der Waals surface area (Å²) in [6.45, 7) is 9.39. The molecule has 0 fully saturated rings. The van der Waals surface area contributed by atoms with Gasteiger partial charge >= 0.3 is 6.03 Å². The van der Waals surface area contributed by atoms with Gasteiger partial charge < -0.3 is 5.32 Å². The van der Waals surface area contributed by atoms with Gasteiger partial charge in [-0.05, 0) is 43.5 Å².